The Morgan fingerprint density at radius 3 is 2.54 bits per heavy atom. The highest BCUT2D eigenvalue weighted by molar-refractivity contribution is 7.17. The first-order chi connectivity index (χ1) is 16.9. The van der Waals surface area contributed by atoms with Crippen LogP contribution in [0.2, 0.25) is 0 Å². The fraction of sp³-hybridized carbons (Fsp3) is 0.458. The molecule has 1 aliphatic rings. The number of rotatable bonds is 9. The zero-order chi connectivity index (χ0) is 24.8. The number of aromatic amines is 1. The molecular weight excluding hydrogens is 464 g/mol. The molecule has 0 bridgehead atoms. The average molecular weight is 498 g/mol. The van der Waals surface area contributed by atoms with E-state index >= 15 is 0 Å². The van der Waals surface area contributed by atoms with Gasteiger partial charge in [0, 0.05) is 25.3 Å². The summed E-state index contributed by atoms with van der Waals surface area (Å²) in [5, 5.41) is 10.1. The molecule has 1 aromatic carbocycles. The van der Waals surface area contributed by atoms with E-state index in [-0.39, 0.29) is 5.91 Å². The van der Waals surface area contributed by atoms with Crippen LogP contribution >= 0.6 is 11.3 Å². The second-order valence-corrected chi connectivity index (χ2v) is 9.75. The smallest absolute Gasteiger partial charge is 0.339 e. The number of aromatic nitrogens is 4. The summed E-state index contributed by atoms with van der Waals surface area (Å²) in [4.78, 5) is 32.1. The molecule has 10 nitrogen and oxygen atoms in total. The van der Waals surface area contributed by atoms with E-state index in [1.807, 2.05) is 27.7 Å². The maximum Gasteiger partial charge on any atom is 0.339 e. The van der Waals surface area contributed by atoms with Crippen molar-refractivity contribution < 1.29 is 14.5 Å². The van der Waals surface area contributed by atoms with Crippen LogP contribution in [0.4, 0.5) is 22.7 Å². The highest BCUT2D eigenvalue weighted by Crippen LogP contribution is 2.24. The summed E-state index contributed by atoms with van der Waals surface area (Å²) in [5.41, 5.74) is 4.11. The van der Waals surface area contributed by atoms with Gasteiger partial charge < -0.3 is 15.4 Å². The highest BCUT2D eigenvalue weighted by atomic mass is 32.1. The van der Waals surface area contributed by atoms with Crippen LogP contribution in [0.15, 0.2) is 18.3 Å². The monoisotopic (exact) mass is 497 g/mol. The van der Waals surface area contributed by atoms with Gasteiger partial charge in [0.25, 0.3) is 5.91 Å². The fourth-order valence-electron chi connectivity index (χ4n) is 4.07. The summed E-state index contributed by atoms with van der Waals surface area (Å²) in [6.45, 7) is 13.3. The number of nitrogens with one attached hydrogen (secondary N) is 4. The molecular formula is C24H33N8O2S+. The zero-order valence-electron chi connectivity index (χ0n) is 20.7. The van der Waals surface area contributed by atoms with Crippen molar-refractivity contribution in [2.45, 2.75) is 34.1 Å². The lowest BCUT2D eigenvalue weighted by Gasteiger charge is -2.26. The maximum absolute atomic E-state index is 12.8. The molecule has 0 atom stereocenters. The predicted molar refractivity (Wildman–Crippen MR) is 138 cm³/mol. The van der Waals surface area contributed by atoms with E-state index in [0.29, 0.717) is 27.7 Å². The van der Waals surface area contributed by atoms with Crippen molar-refractivity contribution in [1.82, 2.24) is 19.9 Å². The molecule has 0 unspecified atom stereocenters. The Morgan fingerprint density at radius 2 is 1.80 bits per heavy atom. The van der Waals surface area contributed by atoms with Crippen LogP contribution < -0.4 is 20.9 Å². The van der Waals surface area contributed by atoms with Crippen molar-refractivity contribution in [3.63, 3.8) is 0 Å². The lowest BCUT2D eigenvalue weighted by atomic mass is 10.1. The van der Waals surface area contributed by atoms with Crippen molar-refractivity contribution in [3.05, 3.63) is 45.7 Å². The second kappa shape index (κ2) is 11.5. The number of thiazole rings is 1. The molecule has 0 spiro atoms. The van der Waals surface area contributed by atoms with Gasteiger partial charge in [0.1, 0.15) is 16.9 Å². The van der Waals surface area contributed by atoms with Gasteiger partial charge in [0.05, 0.1) is 13.2 Å². The minimum absolute atomic E-state index is 0.163. The first kappa shape index (κ1) is 25.0. The molecule has 35 heavy (non-hydrogen) atoms. The standard InChI is InChI=1S/C24H32N8O2S/c1-15-12-16(2)20(17(3)13-15)29-21(33)19-14-26-24(35-19)31-23-28-18(4)27-22(30-23)25-6-5-7-32-8-10-34-11-9-32/h12-14H,5-11H2,1-4H3,(H,29,33)(H2,25,26,27,28,30,31)/p+1. The third-order valence-corrected chi connectivity index (χ3v) is 6.64. The van der Waals surface area contributed by atoms with E-state index in [1.54, 1.807) is 6.20 Å². The van der Waals surface area contributed by atoms with E-state index in [4.69, 9.17) is 4.74 Å². The largest absolute Gasteiger partial charge is 0.379 e. The Hall–Kier alpha value is -3.15. The molecule has 3 heterocycles. The van der Waals surface area contributed by atoms with Gasteiger partial charge in [-0.25, -0.2) is 4.98 Å². The summed E-state index contributed by atoms with van der Waals surface area (Å²) in [7, 11) is 0. The topological polar surface area (TPSA) is 118 Å². The van der Waals surface area contributed by atoms with E-state index < -0.39 is 0 Å². The van der Waals surface area contributed by atoms with E-state index in [1.165, 1.54) is 16.9 Å². The van der Waals surface area contributed by atoms with Gasteiger partial charge in [-0.05, 0) is 63.1 Å². The molecule has 2 aromatic heterocycles. The van der Waals surface area contributed by atoms with Crippen LogP contribution in [0.5, 0.6) is 0 Å². The molecule has 4 rings (SSSR count). The van der Waals surface area contributed by atoms with Crippen molar-refractivity contribution in [3.8, 4) is 0 Å². The van der Waals surface area contributed by atoms with E-state index in [2.05, 4.69) is 52.9 Å². The van der Waals surface area contributed by atoms with Crippen LogP contribution in [0.3, 0.4) is 0 Å². The van der Waals surface area contributed by atoms with Gasteiger partial charge in [0.15, 0.2) is 0 Å². The molecule has 1 fully saturated rings. The molecule has 0 aliphatic carbocycles. The average Bonchev–Trinajstić information content (AvgIpc) is 3.28. The molecule has 3 aromatic rings. The summed E-state index contributed by atoms with van der Waals surface area (Å²) in [6, 6.07) is 4.13. The molecule has 11 heteroatoms. The number of aryl methyl sites for hydroxylation is 4. The number of carbonyl (C=O) groups is 1. The van der Waals surface area contributed by atoms with Crippen LogP contribution in [0.1, 0.15) is 38.6 Å². The lowest BCUT2D eigenvalue weighted by Crippen LogP contribution is -2.37. The second-order valence-electron chi connectivity index (χ2n) is 8.70. The minimum atomic E-state index is -0.163. The van der Waals surface area contributed by atoms with Gasteiger partial charge in [-0.2, -0.15) is 20.3 Å². The van der Waals surface area contributed by atoms with Crippen LogP contribution in [0.25, 0.3) is 0 Å². The Balaban J connectivity index is 1.33. The van der Waals surface area contributed by atoms with E-state index in [0.717, 1.165) is 62.6 Å². The van der Waals surface area contributed by atoms with Crippen LogP contribution in [-0.2, 0) is 4.74 Å². The lowest BCUT2D eigenvalue weighted by molar-refractivity contribution is -0.354. The number of morpholine rings is 1. The van der Waals surface area contributed by atoms with Gasteiger partial charge in [0.2, 0.25) is 5.95 Å². The molecule has 0 radical (unpaired) electrons. The fourth-order valence-corrected chi connectivity index (χ4v) is 4.81. The molecule has 1 amide bonds. The first-order valence-electron chi connectivity index (χ1n) is 11.8. The Morgan fingerprint density at radius 1 is 1.09 bits per heavy atom. The van der Waals surface area contributed by atoms with Crippen molar-refractivity contribution in [2.24, 2.45) is 0 Å². The van der Waals surface area contributed by atoms with Crippen molar-refractivity contribution >= 4 is 40.0 Å². The number of hydrogen-bond donors (Lipinski definition) is 3. The molecule has 186 valence electrons. The minimum Gasteiger partial charge on any atom is -0.379 e. The Kier molecular flexibility index (Phi) is 8.21. The summed E-state index contributed by atoms with van der Waals surface area (Å²) < 4.78 is 5.39. The molecule has 0 saturated carbocycles. The van der Waals surface area contributed by atoms with Crippen LogP contribution in [-0.4, -0.2) is 65.2 Å². The maximum atomic E-state index is 12.8. The summed E-state index contributed by atoms with van der Waals surface area (Å²) in [6.07, 6.45) is 2.67. The van der Waals surface area contributed by atoms with Crippen molar-refractivity contribution in [2.75, 3.05) is 55.3 Å². The number of nitrogens with zero attached hydrogens (tertiary/aromatic N) is 4. The highest BCUT2D eigenvalue weighted by Gasteiger charge is 2.18. The Bertz CT molecular complexity index is 1150. The van der Waals surface area contributed by atoms with Crippen LogP contribution in [0, 0.1) is 27.7 Å². The van der Waals surface area contributed by atoms with Gasteiger partial charge >= 0.3 is 11.1 Å². The number of amides is 1. The normalized spacial score (nSPS) is 14.1. The molecule has 1 aliphatic heterocycles. The van der Waals surface area contributed by atoms with Gasteiger partial charge in [-0.15, -0.1) is 0 Å². The summed E-state index contributed by atoms with van der Waals surface area (Å²) in [5.74, 6) is 1.40. The quantitative estimate of drug-likeness (QED) is 0.386. The number of H-pyrrole nitrogens is 1. The number of carbonyl (C=O) groups excluding carboxylic acids is 1. The SMILES string of the molecule is Cc1cc(C)c(NC(=O)c2c[nH+]c(Nc3nc(C)nc(NCCCN4CCOCC4)n3)s2)c(C)c1. The van der Waals surface area contributed by atoms with Gasteiger partial charge in [-0.1, -0.05) is 17.7 Å². The number of ether oxygens (including phenoxy) is 1. The number of benzene rings is 1. The zero-order valence-corrected chi connectivity index (χ0v) is 21.5. The molecule has 4 N–H and O–H groups in total. The predicted octanol–water partition coefficient (Wildman–Crippen LogP) is 3.11. The first-order valence-corrected chi connectivity index (χ1v) is 12.6. The van der Waals surface area contributed by atoms with Crippen molar-refractivity contribution in [1.29, 1.82) is 0 Å². The molecule has 1 saturated heterocycles. The summed E-state index contributed by atoms with van der Waals surface area (Å²) >= 11 is 1.30. The third kappa shape index (κ3) is 6.93. The third-order valence-electron chi connectivity index (χ3n) is 5.70. The number of anilines is 4. The van der Waals surface area contributed by atoms with Gasteiger partial charge in [-0.3, -0.25) is 9.69 Å². The number of hydrogen-bond acceptors (Lipinski definition) is 9. The van der Waals surface area contributed by atoms with E-state index in [9.17, 15) is 4.79 Å². The Labute approximate surface area is 209 Å².